The van der Waals surface area contributed by atoms with Crippen molar-refractivity contribution in [2.45, 2.75) is 32.2 Å². The number of amides is 1. The fraction of sp³-hybridized carbons (Fsp3) is 0.400. The molecule has 1 heterocycles. The number of fused-ring (bicyclic) bond motifs is 1. The van der Waals surface area contributed by atoms with Crippen LogP contribution in [0, 0.1) is 0 Å². The topological polar surface area (TPSA) is 84.1 Å². The van der Waals surface area contributed by atoms with Gasteiger partial charge >= 0.3 is 5.97 Å². The summed E-state index contributed by atoms with van der Waals surface area (Å²) in [4.78, 5) is 31.5. The van der Waals surface area contributed by atoms with Gasteiger partial charge in [-0.05, 0) is 25.5 Å². The molecule has 6 nitrogen and oxygen atoms in total. The minimum Gasteiger partial charge on any atom is -0.467 e. The average molecular weight is 289 g/mol. The monoisotopic (exact) mass is 289 g/mol. The molecule has 1 atom stereocenters. The van der Waals surface area contributed by atoms with Crippen molar-refractivity contribution in [3.8, 4) is 0 Å². The molecule has 0 spiro atoms. The molecule has 21 heavy (non-hydrogen) atoms. The van der Waals surface area contributed by atoms with E-state index >= 15 is 0 Å². The maximum atomic E-state index is 12.5. The second kappa shape index (κ2) is 5.95. The number of hydrogen-bond donors (Lipinski definition) is 2. The van der Waals surface area contributed by atoms with Gasteiger partial charge in [-0.15, -0.1) is 0 Å². The Labute approximate surface area is 122 Å². The van der Waals surface area contributed by atoms with Gasteiger partial charge in [-0.1, -0.05) is 19.4 Å². The van der Waals surface area contributed by atoms with Gasteiger partial charge in [0.15, 0.2) is 0 Å². The highest BCUT2D eigenvalue weighted by molar-refractivity contribution is 6.06. The van der Waals surface area contributed by atoms with Crippen molar-refractivity contribution >= 4 is 22.9 Å². The number of H-pyrrole nitrogens is 1. The predicted molar refractivity (Wildman–Crippen MR) is 78.9 cm³/mol. The normalized spacial score (nSPS) is 13.7. The molecule has 2 aromatic rings. The van der Waals surface area contributed by atoms with Crippen LogP contribution < -0.4 is 5.32 Å². The Morgan fingerprint density at radius 2 is 2.19 bits per heavy atom. The van der Waals surface area contributed by atoms with Gasteiger partial charge in [-0.3, -0.25) is 4.79 Å². The van der Waals surface area contributed by atoms with Gasteiger partial charge in [0.2, 0.25) is 0 Å². The number of aromatic amines is 1. The van der Waals surface area contributed by atoms with Crippen LogP contribution in [0.15, 0.2) is 24.5 Å². The Kier molecular flexibility index (Phi) is 4.26. The van der Waals surface area contributed by atoms with Gasteiger partial charge in [-0.25, -0.2) is 9.78 Å². The second-order valence-electron chi connectivity index (χ2n) is 5.13. The van der Waals surface area contributed by atoms with Crippen molar-refractivity contribution in [2.75, 3.05) is 7.11 Å². The highest BCUT2D eigenvalue weighted by Gasteiger charge is 2.35. The number of methoxy groups -OCH3 is 1. The zero-order valence-corrected chi connectivity index (χ0v) is 12.4. The summed E-state index contributed by atoms with van der Waals surface area (Å²) < 4.78 is 4.80. The van der Waals surface area contributed by atoms with Gasteiger partial charge in [0.1, 0.15) is 11.1 Å². The van der Waals surface area contributed by atoms with E-state index in [-0.39, 0.29) is 5.91 Å². The average Bonchev–Trinajstić information content (AvgIpc) is 2.94. The fourth-order valence-electron chi connectivity index (χ4n) is 2.41. The van der Waals surface area contributed by atoms with Crippen LogP contribution in [0.4, 0.5) is 0 Å². The number of carbonyl (C=O) groups is 2. The smallest absolute Gasteiger partial charge is 0.331 e. The Morgan fingerprint density at radius 1 is 1.43 bits per heavy atom. The van der Waals surface area contributed by atoms with Crippen LogP contribution in [0.5, 0.6) is 0 Å². The highest BCUT2D eigenvalue weighted by Crippen LogP contribution is 2.18. The minimum absolute atomic E-state index is 0.339. The number of ether oxygens (including phenoxy) is 1. The first kappa shape index (κ1) is 15.0. The Morgan fingerprint density at radius 3 is 2.86 bits per heavy atom. The van der Waals surface area contributed by atoms with E-state index in [1.165, 1.54) is 13.4 Å². The van der Waals surface area contributed by atoms with Crippen molar-refractivity contribution in [3.63, 3.8) is 0 Å². The first-order valence-corrected chi connectivity index (χ1v) is 6.85. The van der Waals surface area contributed by atoms with Crippen LogP contribution in [0.2, 0.25) is 0 Å². The van der Waals surface area contributed by atoms with E-state index in [1.54, 1.807) is 19.1 Å². The molecule has 2 N–H and O–H groups in total. The van der Waals surface area contributed by atoms with Crippen LogP contribution in [-0.2, 0) is 9.53 Å². The summed E-state index contributed by atoms with van der Waals surface area (Å²) in [5.74, 6) is -0.791. The molecule has 112 valence electrons. The first-order chi connectivity index (χ1) is 10.0. The minimum atomic E-state index is -1.04. The SMILES string of the molecule is CCC[C@@](C)(NC(=O)c1cccc2[nH]cnc12)C(=O)OC. The first-order valence-electron chi connectivity index (χ1n) is 6.85. The number of nitrogens with zero attached hydrogens (tertiary/aromatic N) is 1. The van der Waals surface area contributed by atoms with Crippen molar-refractivity contribution in [1.82, 2.24) is 15.3 Å². The summed E-state index contributed by atoms with van der Waals surface area (Å²) in [5.41, 5.74) is 0.746. The van der Waals surface area contributed by atoms with E-state index in [0.29, 0.717) is 17.5 Å². The number of nitrogens with one attached hydrogen (secondary N) is 2. The molecular weight excluding hydrogens is 270 g/mol. The van der Waals surface area contributed by atoms with E-state index in [0.717, 1.165) is 11.9 Å². The largest absolute Gasteiger partial charge is 0.467 e. The fourth-order valence-corrected chi connectivity index (χ4v) is 2.41. The lowest BCUT2D eigenvalue weighted by Gasteiger charge is -2.27. The molecule has 2 rings (SSSR count). The van der Waals surface area contributed by atoms with Crippen LogP contribution >= 0.6 is 0 Å². The van der Waals surface area contributed by atoms with E-state index in [4.69, 9.17) is 4.74 Å². The molecule has 0 aliphatic rings. The molecule has 1 aromatic carbocycles. The molecule has 0 aliphatic heterocycles. The van der Waals surface area contributed by atoms with E-state index in [9.17, 15) is 9.59 Å². The Bertz CT molecular complexity index is 665. The van der Waals surface area contributed by atoms with Gasteiger partial charge in [-0.2, -0.15) is 0 Å². The molecule has 0 radical (unpaired) electrons. The summed E-state index contributed by atoms with van der Waals surface area (Å²) in [5, 5.41) is 2.78. The number of rotatable bonds is 5. The summed E-state index contributed by atoms with van der Waals surface area (Å²) in [7, 11) is 1.32. The van der Waals surface area contributed by atoms with Crippen molar-refractivity contribution in [2.24, 2.45) is 0 Å². The maximum absolute atomic E-state index is 12.5. The van der Waals surface area contributed by atoms with E-state index < -0.39 is 11.5 Å². The lowest BCUT2D eigenvalue weighted by atomic mass is 9.95. The summed E-state index contributed by atoms with van der Waals surface area (Å²) in [6.07, 6.45) is 2.79. The molecular formula is C15H19N3O3. The number of aromatic nitrogens is 2. The Hall–Kier alpha value is -2.37. The van der Waals surface area contributed by atoms with Gasteiger partial charge < -0.3 is 15.0 Å². The van der Waals surface area contributed by atoms with Crippen molar-refractivity contribution in [3.05, 3.63) is 30.1 Å². The molecule has 0 saturated carbocycles. The van der Waals surface area contributed by atoms with Crippen LogP contribution in [-0.4, -0.2) is 34.5 Å². The molecule has 1 aromatic heterocycles. The van der Waals surface area contributed by atoms with Crippen LogP contribution in [0.1, 0.15) is 37.0 Å². The Balaban J connectivity index is 2.31. The third-order valence-corrected chi connectivity index (χ3v) is 3.47. The maximum Gasteiger partial charge on any atom is 0.331 e. The highest BCUT2D eigenvalue weighted by atomic mass is 16.5. The standard InChI is InChI=1S/C15H19N3O3/c1-4-8-15(2,14(20)21-3)18-13(19)10-6-5-7-11-12(10)17-9-16-11/h5-7,9H,4,8H2,1-3H3,(H,16,17)(H,18,19)/t15-/m1/s1. The zero-order chi connectivity index (χ0) is 15.5. The third-order valence-electron chi connectivity index (χ3n) is 3.47. The molecule has 6 heteroatoms. The molecule has 0 bridgehead atoms. The number of esters is 1. The van der Waals surface area contributed by atoms with Gasteiger partial charge in [0.25, 0.3) is 5.91 Å². The number of hydrogen-bond acceptors (Lipinski definition) is 4. The molecule has 0 aliphatic carbocycles. The quantitative estimate of drug-likeness (QED) is 0.825. The van der Waals surface area contributed by atoms with E-state index in [1.807, 2.05) is 13.0 Å². The number of para-hydroxylation sites is 1. The van der Waals surface area contributed by atoms with E-state index in [2.05, 4.69) is 15.3 Å². The predicted octanol–water partition coefficient (Wildman–Crippen LogP) is 2.02. The summed E-state index contributed by atoms with van der Waals surface area (Å²) in [6, 6.07) is 5.29. The van der Waals surface area contributed by atoms with Gasteiger partial charge in [0.05, 0.1) is 24.5 Å². The molecule has 0 saturated heterocycles. The molecule has 0 unspecified atom stereocenters. The van der Waals surface area contributed by atoms with Crippen molar-refractivity contribution < 1.29 is 14.3 Å². The summed E-state index contributed by atoms with van der Waals surface area (Å²) in [6.45, 7) is 3.62. The second-order valence-corrected chi connectivity index (χ2v) is 5.13. The summed E-state index contributed by atoms with van der Waals surface area (Å²) >= 11 is 0. The lowest BCUT2D eigenvalue weighted by molar-refractivity contribution is -0.147. The van der Waals surface area contributed by atoms with Crippen molar-refractivity contribution in [1.29, 1.82) is 0 Å². The van der Waals surface area contributed by atoms with Crippen LogP contribution in [0.3, 0.4) is 0 Å². The zero-order valence-electron chi connectivity index (χ0n) is 12.4. The molecule has 0 fully saturated rings. The third kappa shape index (κ3) is 2.89. The number of carbonyl (C=O) groups excluding carboxylic acids is 2. The van der Waals surface area contributed by atoms with Crippen LogP contribution in [0.25, 0.3) is 11.0 Å². The number of benzene rings is 1. The molecule has 1 amide bonds. The lowest BCUT2D eigenvalue weighted by Crippen LogP contribution is -2.52. The number of imidazole rings is 1. The van der Waals surface area contributed by atoms with Gasteiger partial charge in [0, 0.05) is 0 Å².